The van der Waals surface area contributed by atoms with Gasteiger partial charge in [0.1, 0.15) is 5.82 Å². The van der Waals surface area contributed by atoms with Crippen LogP contribution in [0.2, 0.25) is 0 Å². The zero-order valence-corrected chi connectivity index (χ0v) is 14.6. The van der Waals surface area contributed by atoms with Crippen molar-refractivity contribution in [1.29, 1.82) is 0 Å². The van der Waals surface area contributed by atoms with Crippen LogP contribution < -0.4 is 4.74 Å². The first-order valence-electron chi connectivity index (χ1n) is 8.81. The van der Waals surface area contributed by atoms with Gasteiger partial charge >= 0.3 is 0 Å². The van der Waals surface area contributed by atoms with Crippen molar-refractivity contribution >= 4 is 11.0 Å². The smallest absolute Gasteiger partial charge is 0.232 e. The van der Waals surface area contributed by atoms with Crippen molar-refractivity contribution in [3.8, 4) is 17.1 Å². The van der Waals surface area contributed by atoms with E-state index in [2.05, 4.69) is 55.9 Å². The summed E-state index contributed by atoms with van der Waals surface area (Å²) in [4.78, 5) is 16.0. The maximum absolute atomic E-state index is 5.20. The van der Waals surface area contributed by atoms with Gasteiger partial charge in [-0.15, -0.1) is 0 Å². The standard InChI is InChI=1S/C20H19N5O/c1-26-20-13-21-12-17(23-20)14-5-6-16-18(11-14)25-10-9-24(15-3-2-4-15)8-7-19(25)22-16/h2-6,11-13H,7-10H2,1H3. The van der Waals surface area contributed by atoms with E-state index in [1.54, 1.807) is 19.5 Å². The van der Waals surface area contributed by atoms with Crippen molar-refractivity contribution in [2.24, 2.45) is 0 Å². The Morgan fingerprint density at radius 2 is 2.00 bits per heavy atom. The topological polar surface area (TPSA) is 56.1 Å². The number of methoxy groups -OCH3 is 1. The number of aromatic nitrogens is 4. The molecule has 26 heavy (non-hydrogen) atoms. The second-order valence-electron chi connectivity index (χ2n) is 6.52. The van der Waals surface area contributed by atoms with E-state index in [1.165, 1.54) is 5.70 Å². The number of benzene rings is 1. The molecule has 0 unspecified atom stereocenters. The maximum Gasteiger partial charge on any atom is 0.232 e. The lowest BCUT2D eigenvalue weighted by Gasteiger charge is -2.25. The molecular weight excluding hydrogens is 326 g/mol. The fraction of sp³-hybridized carbons (Fsp3) is 0.250. The molecule has 1 aliphatic heterocycles. The van der Waals surface area contributed by atoms with E-state index in [1.807, 2.05) is 0 Å². The Morgan fingerprint density at radius 3 is 2.81 bits per heavy atom. The summed E-state index contributed by atoms with van der Waals surface area (Å²) in [5.74, 6) is 1.67. The Kier molecular flexibility index (Phi) is 3.48. The summed E-state index contributed by atoms with van der Waals surface area (Å²) < 4.78 is 7.54. The Bertz CT molecular complexity index is 1050. The van der Waals surface area contributed by atoms with Crippen LogP contribution in [0, 0.1) is 0 Å². The monoisotopic (exact) mass is 345 g/mol. The summed E-state index contributed by atoms with van der Waals surface area (Å²) in [6, 6.07) is 6.28. The summed E-state index contributed by atoms with van der Waals surface area (Å²) in [6.07, 6.45) is 10.8. The number of hydrogen-bond donors (Lipinski definition) is 0. The minimum atomic E-state index is 0.521. The number of nitrogens with zero attached hydrogens (tertiary/aromatic N) is 5. The van der Waals surface area contributed by atoms with Gasteiger partial charge in [-0.1, -0.05) is 12.1 Å². The number of imidazole rings is 1. The summed E-state index contributed by atoms with van der Waals surface area (Å²) in [7, 11) is 1.60. The van der Waals surface area contributed by atoms with Gasteiger partial charge in [-0.3, -0.25) is 4.98 Å². The Morgan fingerprint density at radius 1 is 1.08 bits per heavy atom. The van der Waals surface area contributed by atoms with Crippen LogP contribution in [0.25, 0.3) is 22.3 Å². The normalized spacial score (nSPS) is 16.0. The van der Waals surface area contributed by atoms with Crippen LogP contribution >= 0.6 is 0 Å². The fourth-order valence-electron chi connectivity index (χ4n) is 3.58. The first-order valence-corrected chi connectivity index (χ1v) is 8.81. The molecule has 0 bridgehead atoms. The molecule has 130 valence electrons. The molecule has 1 aliphatic carbocycles. The third kappa shape index (κ3) is 2.45. The molecule has 1 aromatic carbocycles. The molecule has 0 N–H and O–H groups in total. The molecule has 0 amide bonds. The highest BCUT2D eigenvalue weighted by molar-refractivity contribution is 5.82. The van der Waals surface area contributed by atoms with Crippen LogP contribution in [0.15, 0.2) is 54.5 Å². The van der Waals surface area contributed by atoms with Gasteiger partial charge in [-0.2, -0.15) is 0 Å². The van der Waals surface area contributed by atoms with Gasteiger partial charge in [0.2, 0.25) is 5.88 Å². The van der Waals surface area contributed by atoms with Crippen molar-refractivity contribution in [2.75, 3.05) is 20.2 Å². The van der Waals surface area contributed by atoms with E-state index in [0.717, 1.165) is 54.2 Å². The Balaban J connectivity index is 1.52. The molecule has 0 atom stereocenters. The molecule has 0 fully saturated rings. The molecular formula is C20H19N5O. The molecule has 0 saturated heterocycles. The number of rotatable bonds is 3. The lowest BCUT2D eigenvalue weighted by molar-refractivity contribution is 0.359. The van der Waals surface area contributed by atoms with E-state index < -0.39 is 0 Å². The highest BCUT2D eigenvalue weighted by Gasteiger charge is 2.19. The first-order chi connectivity index (χ1) is 12.8. The summed E-state index contributed by atoms with van der Waals surface area (Å²) in [6.45, 7) is 2.94. The number of fused-ring (bicyclic) bond motifs is 3. The summed E-state index contributed by atoms with van der Waals surface area (Å²) in [5.41, 5.74) is 5.35. The minimum Gasteiger partial charge on any atom is -0.480 e. The van der Waals surface area contributed by atoms with Crippen molar-refractivity contribution in [3.63, 3.8) is 0 Å². The maximum atomic E-state index is 5.20. The highest BCUT2D eigenvalue weighted by Crippen LogP contribution is 2.27. The van der Waals surface area contributed by atoms with Gasteiger partial charge < -0.3 is 14.2 Å². The lowest BCUT2D eigenvalue weighted by Crippen LogP contribution is -2.26. The zero-order chi connectivity index (χ0) is 17.5. The molecule has 6 heteroatoms. The van der Waals surface area contributed by atoms with Gasteiger partial charge in [0.15, 0.2) is 0 Å². The third-order valence-electron chi connectivity index (χ3n) is 5.04. The van der Waals surface area contributed by atoms with E-state index in [-0.39, 0.29) is 0 Å². The predicted molar refractivity (Wildman–Crippen MR) is 99.8 cm³/mol. The van der Waals surface area contributed by atoms with E-state index >= 15 is 0 Å². The minimum absolute atomic E-state index is 0.521. The molecule has 0 radical (unpaired) electrons. The van der Waals surface area contributed by atoms with Gasteiger partial charge in [-0.05, 0) is 24.3 Å². The van der Waals surface area contributed by atoms with Crippen LogP contribution in [-0.2, 0) is 13.0 Å². The summed E-state index contributed by atoms with van der Waals surface area (Å²) >= 11 is 0. The van der Waals surface area contributed by atoms with Crippen molar-refractivity contribution < 1.29 is 4.74 Å². The Labute approximate surface area is 151 Å². The second-order valence-corrected chi connectivity index (χ2v) is 6.52. The van der Waals surface area contributed by atoms with E-state index in [4.69, 9.17) is 9.72 Å². The third-order valence-corrected chi connectivity index (χ3v) is 5.04. The molecule has 3 aromatic rings. The van der Waals surface area contributed by atoms with Crippen molar-refractivity contribution in [1.82, 2.24) is 24.4 Å². The second kappa shape index (κ2) is 5.98. The molecule has 0 spiro atoms. The average Bonchev–Trinajstić information content (AvgIpc) is 2.86. The van der Waals surface area contributed by atoms with Crippen molar-refractivity contribution in [3.05, 3.63) is 60.3 Å². The largest absolute Gasteiger partial charge is 0.480 e. The number of allylic oxidation sites excluding steroid dienone is 3. The molecule has 6 nitrogen and oxygen atoms in total. The zero-order valence-electron chi connectivity index (χ0n) is 14.6. The number of hydrogen-bond acceptors (Lipinski definition) is 5. The molecule has 3 heterocycles. The Hall–Kier alpha value is -3.15. The van der Waals surface area contributed by atoms with E-state index in [0.29, 0.717) is 5.88 Å². The summed E-state index contributed by atoms with van der Waals surface area (Å²) in [5, 5.41) is 0. The van der Waals surface area contributed by atoms with Gasteiger partial charge in [0.05, 0.1) is 36.2 Å². The molecule has 2 aromatic heterocycles. The fourth-order valence-corrected chi connectivity index (χ4v) is 3.58. The SMILES string of the molecule is COc1cncc(-c2ccc3nc4n(c3c2)CCN(C2=CC=C2)CC4)n1. The lowest BCUT2D eigenvalue weighted by atomic mass is 10.1. The van der Waals surface area contributed by atoms with Gasteiger partial charge in [-0.25, -0.2) is 9.97 Å². The number of ether oxygens (including phenoxy) is 1. The first kappa shape index (κ1) is 15.1. The van der Waals surface area contributed by atoms with Gasteiger partial charge in [0.25, 0.3) is 0 Å². The quantitative estimate of drug-likeness (QED) is 0.731. The van der Waals surface area contributed by atoms with Crippen LogP contribution in [0.1, 0.15) is 5.82 Å². The van der Waals surface area contributed by atoms with Crippen LogP contribution in [-0.4, -0.2) is 44.6 Å². The predicted octanol–water partition coefficient (Wildman–Crippen LogP) is 2.81. The van der Waals surface area contributed by atoms with Crippen LogP contribution in [0.5, 0.6) is 5.88 Å². The average molecular weight is 345 g/mol. The molecule has 0 saturated carbocycles. The van der Waals surface area contributed by atoms with Crippen LogP contribution in [0.3, 0.4) is 0 Å². The van der Waals surface area contributed by atoms with Gasteiger partial charge in [0, 0.05) is 37.3 Å². The van der Waals surface area contributed by atoms with E-state index in [9.17, 15) is 0 Å². The van der Waals surface area contributed by atoms with Crippen LogP contribution in [0.4, 0.5) is 0 Å². The molecule has 2 aliphatic rings. The highest BCUT2D eigenvalue weighted by atomic mass is 16.5. The van der Waals surface area contributed by atoms with Crippen molar-refractivity contribution in [2.45, 2.75) is 13.0 Å². The molecule has 5 rings (SSSR count).